The van der Waals surface area contributed by atoms with Gasteiger partial charge in [-0.05, 0) is 18.9 Å². The van der Waals surface area contributed by atoms with Crippen molar-refractivity contribution in [2.24, 2.45) is 0 Å². The van der Waals surface area contributed by atoms with Crippen molar-refractivity contribution in [2.75, 3.05) is 20.3 Å². The molecule has 0 aliphatic carbocycles. The zero-order valence-corrected chi connectivity index (χ0v) is 11.5. The van der Waals surface area contributed by atoms with Crippen LogP contribution in [0.25, 0.3) is 0 Å². The van der Waals surface area contributed by atoms with Gasteiger partial charge < -0.3 is 14.2 Å². The molecular weight excluding hydrogens is 284 g/mol. The van der Waals surface area contributed by atoms with Gasteiger partial charge in [0.2, 0.25) is 0 Å². The monoisotopic (exact) mass is 300 g/mol. The van der Waals surface area contributed by atoms with E-state index in [2.05, 4.69) is 15.9 Å². The van der Waals surface area contributed by atoms with Crippen LogP contribution >= 0.6 is 15.9 Å². The van der Waals surface area contributed by atoms with Gasteiger partial charge in [-0.2, -0.15) is 0 Å². The maximum atomic E-state index is 5.98. The van der Waals surface area contributed by atoms with Crippen molar-refractivity contribution in [1.29, 1.82) is 0 Å². The van der Waals surface area contributed by atoms with E-state index in [1.807, 2.05) is 18.2 Å². The summed E-state index contributed by atoms with van der Waals surface area (Å²) in [4.78, 5) is 0. The molecule has 1 saturated heterocycles. The lowest BCUT2D eigenvalue weighted by atomic mass is 10.1. The zero-order valence-electron chi connectivity index (χ0n) is 9.95. The molecule has 1 aliphatic rings. The van der Waals surface area contributed by atoms with Crippen LogP contribution in [0.3, 0.4) is 0 Å². The van der Waals surface area contributed by atoms with Crippen LogP contribution in [0.2, 0.25) is 0 Å². The van der Waals surface area contributed by atoms with Gasteiger partial charge in [0, 0.05) is 23.6 Å². The SMILES string of the molecule is COc1ccc(CBr)c(OC2CCCOC2)c1. The molecule has 0 bridgehead atoms. The molecule has 1 aliphatic heterocycles. The maximum Gasteiger partial charge on any atom is 0.127 e. The minimum absolute atomic E-state index is 0.161. The first-order valence-corrected chi connectivity index (χ1v) is 6.93. The molecule has 17 heavy (non-hydrogen) atoms. The number of methoxy groups -OCH3 is 1. The van der Waals surface area contributed by atoms with Crippen LogP contribution in [-0.2, 0) is 10.1 Å². The number of rotatable bonds is 4. The standard InChI is InChI=1S/C13H17BrO3/c1-15-11-5-4-10(8-14)13(7-11)17-12-3-2-6-16-9-12/h4-5,7,12H,2-3,6,8-9H2,1H3. The van der Waals surface area contributed by atoms with Gasteiger partial charge in [0.25, 0.3) is 0 Å². The molecule has 0 amide bonds. The summed E-state index contributed by atoms with van der Waals surface area (Å²) in [6, 6.07) is 5.90. The number of benzene rings is 1. The number of ether oxygens (including phenoxy) is 3. The van der Waals surface area contributed by atoms with Crippen molar-refractivity contribution in [2.45, 2.75) is 24.3 Å². The van der Waals surface area contributed by atoms with Gasteiger partial charge in [-0.15, -0.1) is 0 Å². The van der Waals surface area contributed by atoms with Crippen LogP contribution in [0.5, 0.6) is 11.5 Å². The lowest BCUT2D eigenvalue weighted by molar-refractivity contribution is 0.00706. The zero-order chi connectivity index (χ0) is 12.1. The molecule has 1 heterocycles. The van der Waals surface area contributed by atoms with Gasteiger partial charge in [0.05, 0.1) is 13.7 Å². The molecule has 0 saturated carbocycles. The molecule has 0 aromatic heterocycles. The van der Waals surface area contributed by atoms with Gasteiger partial charge in [0.15, 0.2) is 0 Å². The molecule has 0 spiro atoms. The summed E-state index contributed by atoms with van der Waals surface area (Å²) in [5.74, 6) is 1.71. The van der Waals surface area contributed by atoms with E-state index >= 15 is 0 Å². The van der Waals surface area contributed by atoms with Crippen LogP contribution in [0, 0.1) is 0 Å². The summed E-state index contributed by atoms with van der Waals surface area (Å²) in [6.45, 7) is 1.53. The highest BCUT2D eigenvalue weighted by atomic mass is 79.9. The van der Waals surface area contributed by atoms with E-state index in [0.717, 1.165) is 41.8 Å². The summed E-state index contributed by atoms with van der Waals surface area (Å²) in [5, 5.41) is 0.778. The topological polar surface area (TPSA) is 27.7 Å². The largest absolute Gasteiger partial charge is 0.497 e. The fraction of sp³-hybridized carbons (Fsp3) is 0.538. The van der Waals surface area contributed by atoms with Gasteiger partial charge in [-0.3, -0.25) is 0 Å². The van der Waals surface area contributed by atoms with E-state index in [1.165, 1.54) is 0 Å². The highest BCUT2D eigenvalue weighted by Gasteiger charge is 2.17. The first kappa shape index (κ1) is 12.7. The molecule has 1 fully saturated rings. The van der Waals surface area contributed by atoms with Gasteiger partial charge in [0.1, 0.15) is 17.6 Å². The Morgan fingerprint density at radius 3 is 3.00 bits per heavy atom. The summed E-state index contributed by atoms with van der Waals surface area (Å²) < 4.78 is 16.6. The van der Waals surface area contributed by atoms with Crippen LogP contribution in [0.1, 0.15) is 18.4 Å². The van der Waals surface area contributed by atoms with Crippen LogP contribution < -0.4 is 9.47 Å². The third-order valence-corrected chi connectivity index (χ3v) is 3.43. The highest BCUT2D eigenvalue weighted by Crippen LogP contribution is 2.28. The average Bonchev–Trinajstić information content (AvgIpc) is 2.40. The molecule has 3 nitrogen and oxygen atoms in total. The molecule has 0 N–H and O–H groups in total. The number of hydrogen-bond donors (Lipinski definition) is 0. The van der Waals surface area contributed by atoms with E-state index < -0.39 is 0 Å². The second kappa shape index (κ2) is 6.26. The Balaban J connectivity index is 2.11. The second-order valence-electron chi connectivity index (χ2n) is 4.06. The smallest absolute Gasteiger partial charge is 0.127 e. The maximum absolute atomic E-state index is 5.98. The van der Waals surface area contributed by atoms with Gasteiger partial charge >= 0.3 is 0 Å². The fourth-order valence-corrected chi connectivity index (χ4v) is 2.33. The number of halogens is 1. The Morgan fingerprint density at radius 2 is 2.35 bits per heavy atom. The molecule has 4 heteroatoms. The fourth-order valence-electron chi connectivity index (χ4n) is 1.87. The molecule has 1 atom stereocenters. The van der Waals surface area contributed by atoms with E-state index in [4.69, 9.17) is 14.2 Å². The minimum atomic E-state index is 0.161. The van der Waals surface area contributed by atoms with Crippen molar-refractivity contribution >= 4 is 15.9 Å². The molecule has 0 radical (unpaired) electrons. The van der Waals surface area contributed by atoms with Gasteiger partial charge in [-0.25, -0.2) is 0 Å². The Labute approximate surface area is 110 Å². The van der Waals surface area contributed by atoms with Crippen molar-refractivity contribution in [1.82, 2.24) is 0 Å². The molecule has 1 aromatic carbocycles. The highest BCUT2D eigenvalue weighted by molar-refractivity contribution is 9.08. The van der Waals surface area contributed by atoms with Crippen LogP contribution in [-0.4, -0.2) is 26.4 Å². The Hall–Kier alpha value is -0.740. The Bertz CT molecular complexity index is 362. The summed E-state index contributed by atoms with van der Waals surface area (Å²) in [6.07, 6.45) is 2.28. The first-order valence-electron chi connectivity index (χ1n) is 5.80. The number of alkyl halides is 1. The first-order chi connectivity index (χ1) is 8.33. The van der Waals surface area contributed by atoms with Crippen molar-refractivity contribution in [3.05, 3.63) is 23.8 Å². The Kier molecular flexibility index (Phi) is 4.68. The van der Waals surface area contributed by atoms with Crippen molar-refractivity contribution in [3.63, 3.8) is 0 Å². The predicted molar refractivity (Wildman–Crippen MR) is 70.1 cm³/mol. The Morgan fingerprint density at radius 1 is 1.47 bits per heavy atom. The lowest BCUT2D eigenvalue weighted by Gasteiger charge is -2.24. The van der Waals surface area contributed by atoms with Crippen LogP contribution in [0.4, 0.5) is 0 Å². The van der Waals surface area contributed by atoms with Crippen molar-refractivity contribution in [3.8, 4) is 11.5 Å². The average molecular weight is 301 g/mol. The van der Waals surface area contributed by atoms with Gasteiger partial charge in [-0.1, -0.05) is 22.0 Å². The summed E-state index contributed by atoms with van der Waals surface area (Å²) in [5.41, 5.74) is 1.14. The molecule has 2 rings (SSSR count). The summed E-state index contributed by atoms with van der Waals surface area (Å²) in [7, 11) is 1.66. The summed E-state index contributed by atoms with van der Waals surface area (Å²) >= 11 is 3.47. The number of hydrogen-bond acceptors (Lipinski definition) is 3. The van der Waals surface area contributed by atoms with E-state index in [1.54, 1.807) is 7.11 Å². The third kappa shape index (κ3) is 3.36. The molecule has 1 unspecified atom stereocenters. The van der Waals surface area contributed by atoms with Crippen LogP contribution in [0.15, 0.2) is 18.2 Å². The second-order valence-corrected chi connectivity index (χ2v) is 4.63. The molecular formula is C13H17BrO3. The molecule has 1 aromatic rings. The quantitative estimate of drug-likeness (QED) is 0.800. The van der Waals surface area contributed by atoms with E-state index in [9.17, 15) is 0 Å². The van der Waals surface area contributed by atoms with Crippen molar-refractivity contribution < 1.29 is 14.2 Å². The van der Waals surface area contributed by atoms with E-state index in [0.29, 0.717) is 6.61 Å². The third-order valence-electron chi connectivity index (χ3n) is 2.83. The lowest BCUT2D eigenvalue weighted by Crippen LogP contribution is -2.28. The predicted octanol–water partition coefficient (Wildman–Crippen LogP) is 3.15. The normalized spacial score (nSPS) is 20.0. The molecule has 94 valence electrons. The minimum Gasteiger partial charge on any atom is -0.497 e. The van der Waals surface area contributed by atoms with E-state index in [-0.39, 0.29) is 6.10 Å².